The molecule has 10 heteroatoms. The van der Waals surface area contributed by atoms with Gasteiger partial charge in [0, 0.05) is 25.0 Å². The van der Waals surface area contributed by atoms with Crippen molar-refractivity contribution in [2.45, 2.75) is 58.7 Å². The maximum atomic E-state index is 13.3. The molecule has 0 heterocycles. The van der Waals surface area contributed by atoms with Crippen molar-refractivity contribution in [3.8, 4) is 5.75 Å². The zero-order valence-electron chi connectivity index (χ0n) is 21.7. The van der Waals surface area contributed by atoms with Crippen molar-refractivity contribution in [1.29, 1.82) is 0 Å². The first-order chi connectivity index (χ1) is 16.7. The second-order valence-corrected chi connectivity index (χ2v) is 11.6. The number of sulfonamides is 1. The molecule has 2 rings (SSSR count). The van der Waals surface area contributed by atoms with E-state index < -0.39 is 27.4 Å². The summed E-state index contributed by atoms with van der Waals surface area (Å²) in [5.74, 6) is -0.362. The molecule has 0 unspecified atom stereocenters. The number of anilines is 1. The Kier molecular flexibility index (Phi) is 9.86. The second kappa shape index (κ2) is 12.2. The van der Waals surface area contributed by atoms with Crippen LogP contribution < -0.4 is 14.4 Å². The Hall–Kier alpha value is -3.14. The average molecular weight is 522 g/mol. The van der Waals surface area contributed by atoms with Crippen LogP contribution in [0.15, 0.2) is 48.5 Å². The summed E-state index contributed by atoms with van der Waals surface area (Å²) in [4.78, 5) is 27.7. The molecule has 1 atom stereocenters. The predicted octanol–water partition coefficient (Wildman–Crippen LogP) is 3.71. The van der Waals surface area contributed by atoms with E-state index in [0.29, 0.717) is 11.4 Å². The summed E-state index contributed by atoms with van der Waals surface area (Å²) in [5, 5.41) is 2.91. The molecule has 0 saturated heterocycles. The Balaban J connectivity index is 2.18. The molecule has 0 bridgehead atoms. The van der Waals surface area contributed by atoms with Gasteiger partial charge in [0.25, 0.3) is 0 Å². The van der Waals surface area contributed by atoms with E-state index >= 15 is 0 Å². The van der Waals surface area contributed by atoms with E-state index in [1.54, 1.807) is 26.2 Å². The Morgan fingerprint density at radius 2 is 1.64 bits per heavy atom. The molecule has 0 radical (unpaired) electrons. The Labute approximate surface area is 213 Å². The van der Waals surface area contributed by atoms with Gasteiger partial charge in [-0.25, -0.2) is 12.8 Å². The largest absolute Gasteiger partial charge is 0.497 e. The van der Waals surface area contributed by atoms with Gasteiger partial charge in [0.2, 0.25) is 21.8 Å². The number of hydrogen-bond acceptors (Lipinski definition) is 5. The van der Waals surface area contributed by atoms with Crippen molar-refractivity contribution < 1.29 is 27.1 Å². The Bertz CT molecular complexity index is 1130. The first-order valence-electron chi connectivity index (χ1n) is 11.7. The normalized spacial score (nSPS) is 12.5. The van der Waals surface area contributed by atoms with Gasteiger partial charge in [0.15, 0.2) is 0 Å². The lowest BCUT2D eigenvalue weighted by Gasteiger charge is -2.32. The zero-order chi connectivity index (χ0) is 27.1. The van der Waals surface area contributed by atoms with Crippen LogP contribution in [-0.2, 0) is 26.2 Å². The van der Waals surface area contributed by atoms with Crippen LogP contribution in [0.5, 0.6) is 5.75 Å². The fourth-order valence-electron chi connectivity index (χ4n) is 3.60. The molecule has 0 fully saturated rings. The number of nitrogens with one attached hydrogen (secondary N) is 1. The highest BCUT2D eigenvalue weighted by Crippen LogP contribution is 2.20. The van der Waals surface area contributed by atoms with E-state index in [2.05, 4.69) is 5.32 Å². The second-order valence-electron chi connectivity index (χ2n) is 9.70. The van der Waals surface area contributed by atoms with Gasteiger partial charge in [-0.1, -0.05) is 12.1 Å². The van der Waals surface area contributed by atoms with Crippen LogP contribution in [0.1, 0.15) is 46.1 Å². The first kappa shape index (κ1) is 29.1. The molecule has 0 saturated carbocycles. The average Bonchev–Trinajstić information content (AvgIpc) is 2.79. The summed E-state index contributed by atoms with van der Waals surface area (Å²) in [5.41, 5.74) is 0.675. The molecule has 0 aromatic heterocycles. The molecular formula is C26H36FN3O5S. The van der Waals surface area contributed by atoms with Crippen LogP contribution in [0, 0.1) is 5.82 Å². The maximum absolute atomic E-state index is 13.3. The smallest absolute Gasteiger partial charge is 0.242 e. The maximum Gasteiger partial charge on any atom is 0.242 e. The molecular weight excluding hydrogens is 485 g/mol. The van der Waals surface area contributed by atoms with Crippen LogP contribution in [0.25, 0.3) is 0 Å². The van der Waals surface area contributed by atoms with E-state index in [0.717, 1.165) is 16.1 Å². The number of hydrogen-bond donors (Lipinski definition) is 1. The Morgan fingerprint density at radius 1 is 1.06 bits per heavy atom. The molecule has 0 spiro atoms. The number of methoxy groups -OCH3 is 1. The number of carbonyl (C=O) groups is 2. The van der Waals surface area contributed by atoms with Crippen molar-refractivity contribution in [2.24, 2.45) is 0 Å². The SMILES string of the molecule is COc1ccc(CN(C(=O)CCCN(c2ccc(F)cc2)S(C)(=O)=O)[C@@H](C)C(=O)NC(C)(C)C)cc1. The Morgan fingerprint density at radius 3 is 2.14 bits per heavy atom. The summed E-state index contributed by atoms with van der Waals surface area (Å²) in [6, 6.07) is 11.6. The van der Waals surface area contributed by atoms with Crippen LogP contribution in [-0.4, -0.2) is 56.6 Å². The third kappa shape index (κ3) is 8.82. The highest BCUT2D eigenvalue weighted by Gasteiger charge is 2.28. The minimum absolute atomic E-state index is 0.0243. The number of rotatable bonds is 11. The van der Waals surface area contributed by atoms with Gasteiger partial charge < -0.3 is 15.0 Å². The minimum atomic E-state index is -3.64. The van der Waals surface area contributed by atoms with Crippen molar-refractivity contribution in [3.05, 3.63) is 59.9 Å². The number of amides is 2. The third-order valence-electron chi connectivity index (χ3n) is 5.44. The van der Waals surface area contributed by atoms with Gasteiger partial charge >= 0.3 is 0 Å². The summed E-state index contributed by atoms with van der Waals surface area (Å²) >= 11 is 0. The molecule has 8 nitrogen and oxygen atoms in total. The number of ether oxygens (including phenoxy) is 1. The van der Waals surface area contributed by atoms with E-state index in [-0.39, 0.29) is 37.7 Å². The van der Waals surface area contributed by atoms with Crippen molar-refractivity contribution in [2.75, 3.05) is 24.2 Å². The van der Waals surface area contributed by atoms with E-state index in [4.69, 9.17) is 4.74 Å². The van der Waals surface area contributed by atoms with Gasteiger partial charge in [-0.05, 0) is 76.1 Å². The number of halogens is 1. The molecule has 0 aliphatic rings. The van der Waals surface area contributed by atoms with Gasteiger partial charge in [0.1, 0.15) is 17.6 Å². The minimum Gasteiger partial charge on any atom is -0.497 e. The summed E-state index contributed by atoms with van der Waals surface area (Å²) in [6.45, 7) is 7.50. The molecule has 198 valence electrons. The van der Waals surface area contributed by atoms with Gasteiger partial charge in [-0.3, -0.25) is 13.9 Å². The number of carbonyl (C=O) groups excluding carboxylic acids is 2. The molecule has 36 heavy (non-hydrogen) atoms. The van der Waals surface area contributed by atoms with Crippen LogP contribution >= 0.6 is 0 Å². The lowest BCUT2D eigenvalue weighted by Crippen LogP contribution is -2.52. The number of benzene rings is 2. The van der Waals surface area contributed by atoms with Gasteiger partial charge in [0.05, 0.1) is 19.1 Å². The van der Waals surface area contributed by atoms with E-state index in [1.165, 1.54) is 29.2 Å². The van der Waals surface area contributed by atoms with Crippen molar-refractivity contribution in [3.63, 3.8) is 0 Å². The van der Waals surface area contributed by atoms with Crippen LogP contribution in [0.2, 0.25) is 0 Å². The lowest BCUT2D eigenvalue weighted by molar-refractivity contribution is -0.141. The fourth-order valence-corrected chi connectivity index (χ4v) is 4.56. The van der Waals surface area contributed by atoms with Gasteiger partial charge in [-0.15, -0.1) is 0 Å². The quantitative estimate of drug-likeness (QED) is 0.486. The highest BCUT2D eigenvalue weighted by molar-refractivity contribution is 7.92. The molecule has 2 aromatic rings. The topological polar surface area (TPSA) is 96.0 Å². The molecule has 2 amide bonds. The first-order valence-corrected chi connectivity index (χ1v) is 13.5. The predicted molar refractivity (Wildman–Crippen MR) is 139 cm³/mol. The lowest BCUT2D eigenvalue weighted by atomic mass is 10.1. The van der Waals surface area contributed by atoms with Crippen LogP contribution in [0.4, 0.5) is 10.1 Å². The highest BCUT2D eigenvalue weighted by atomic mass is 32.2. The molecule has 1 N–H and O–H groups in total. The standard InChI is InChI=1S/C26H36FN3O5S/c1-19(25(32)28-26(2,3)4)29(18-20-9-15-23(35-5)16-10-20)24(31)8-7-17-30(36(6,33)34)22-13-11-21(27)12-14-22/h9-16,19H,7-8,17-18H2,1-6H3,(H,28,32)/t19-/m0/s1. The monoisotopic (exact) mass is 521 g/mol. The summed E-state index contributed by atoms with van der Waals surface area (Å²) < 4.78 is 44.3. The third-order valence-corrected chi connectivity index (χ3v) is 6.64. The van der Waals surface area contributed by atoms with E-state index in [1.807, 2.05) is 32.9 Å². The van der Waals surface area contributed by atoms with Gasteiger partial charge in [-0.2, -0.15) is 0 Å². The van der Waals surface area contributed by atoms with Crippen molar-refractivity contribution >= 4 is 27.5 Å². The number of nitrogens with zero attached hydrogens (tertiary/aromatic N) is 2. The molecule has 0 aliphatic heterocycles. The van der Waals surface area contributed by atoms with Crippen molar-refractivity contribution in [1.82, 2.24) is 10.2 Å². The summed E-state index contributed by atoms with van der Waals surface area (Å²) in [7, 11) is -2.08. The fraction of sp³-hybridized carbons (Fsp3) is 0.462. The zero-order valence-corrected chi connectivity index (χ0v) is 22.6. The molecule has 0 aliphatic carbocycles. The van der Waals surface area contributed by atoms with Crippen LogP contribution in [0.3, 0.4) is 0 Å². The van der Waals surface area contributed by atoms with E-state index in [9.17, 15) is 22.4 Å². The summed E-state index contributed by atoms with van der Waals surface area (Å²) in [6.07, 6.45) is 1.31. The molecule has 2 aromatic carbocycles.